The number of rotatable bonds is 4. The lowest BCUT2D eigenvalue weighted by Crippen LogP contribution is -2.21. The molecule has 2 aromatic rings. The smallest absolute Gasteiger partial charge is 0.133 e. The molecule has 3 rings (SSSR count). The lowest BCUT2D eigenvalue weighted by atomic mass is 9.81. The van der Waals surface area contributed by atoms with Crippen LogP contribution in [0.2, 0.25) is 0 Å². The summed E-state index contributed by atoms with van der Waals surface area (Å²) in [6.07, 6.45) is 8.53. The molecule has 1 fully saturated rings. The van der Waals surface area contributed by atoms with Crippen molar-refractivity contribution in [2.45, 2.75) is 39.0 Å². The first-order valence-electron chi connectivity index (χ1n) is 8.08. The summed E-state index contributed by atoms with van der Waals surface area (Å²) in [5.41, 5.74) is 0. The van der Waals surface area contributed by atoms with Gasteiger partial charge in [-0.1, -0.05) is 32.3 Å². The standard InChI is InChI=1S/C18H24N2O/c1-2-13-3-5-14(6-4-13)12-20-18-17-11-16(21)8-7-15(17)9-10-19-18/h7-11,13-14,21H,2-6,12H2,1H3,(H,19,20). The number of aromatic hydroxyl groups is 1. The van der Waals surface area contributed by atoms with Crippen LogP contribution in [0.5, 0.6) is 5.75 Å². The van der Waals surface area contributed by atoms with E-state index in [1.165, 1.54) is 32.1 Å². The molecule has 3 heteroatoms. The SMILES string of the molecule is CCC1CCC(CNc2nccc3ccc(O)cc23)CC1. The van der Waals surface area contributed by atoms with Crippen LogP contribution in [0.15, 0.2) is 30.5 Å². The second kappa shape index (κ2) is 6.33. The van der Waals surface area contributed by atoms with Gasteiger partial charge in [0, 0.05) is 18.1 Å². The van der Waals surface area contributed by atoms with Crippen LogP contribution in [0, 0.1) is 11.8 Å². The zero-order valence-corrected chi connectivity index (χ0v) is 12.7. The highest BCUT2D eigenvalue weighted by Gasteiger charge is 2.19. The molecule has 0 bridgehead atoms. The van der Waals surface area contributed by atoms with Gasteiger partial charge in [0.25, 0.3) is 0 Å². The summed E-state index contributed by atoms with van der Waals surface area (Å²) >= 11 is 0. The van der Waals surface area contributed by atoms with Crippen LogP contribution < -0.4 is 5.32 Å². The first-order valence-corrected chi connectivity index (χ1v) is 8.08. The van der Waals surface area contributed by atoms with E-state index >= 15 is 0 Å². The Balaban J connectivity index is 1.67. The Kier molecular flexibility index (Phi) is 4.28. The van der Waals surface area contributed by atoms with E-state index in [2.05, 4.69) is 17.2 Å². The predicted molar refractivity (Wildman–Crippen MR) is 87.6 cm³/mol. The van der Waals surface area contributed by atoms with Gasteiger partial charge in [-0.15, -0.1) is 0 Å². The minimum Gasteiger partial charge on any atom is -0.508 e. The minimum atomic E-state index is 0.294. The van der Waals surface area contributed by atoms with Crippen molar-refractivity contribution in [1.29, 1.82) is 0 Å². The first-order chi connectivity index (χ1) is 10.3. The number of pyridine rings is 1. The summed E-state index contributed by atoms with van der Waals surface area (Å²) < 4.78 is 0. The number of hydrogen-bond acceptors (Lipinski definition) is 3. The summed E-state index contributed by atoms with van der Waals surface area (Å²) in [5.74, 6) is 2.87. The number of phenols is 1. The molecule has 3 nitrogen and oxygen atoms in total. The van der Waals surface area contributed by atoms with Gasteiger partial charge in [0.15, 0.2) is 0 Å². The molecule has 0 spiro atoms. The van der Waals surface area contributed by atoms with Gasteiger partial charge in [-0.3, -0.25) is 0 Å². The average molecular weight is 284 g/mol. The van der Waals surface area contributed by atoms with Crippen molar-refractivity contribution >= 4 is 16.6 Å². The summed E-state index contributed by atoms with van der Waals surface area (Å²) in [5, 5.41) is 15.3. The molecule has 1 aliphatic rings. The average Bonchev–Trinajstić information content (AvgIpc) is 2.53. The monoisotopic (exact) mass is 284 g/mol. The Morgan fingerprint density at radius 2 is 1.90 bits per heavy atom. The Bertz CT molecular complexity index is 603. The van der Waals surface area contributed by atoms with Crippen molar-refractivity contribution < 1.29 is 5.11 Å². The van der Waals surface area contributed by atoms with Gasteiger partial charge in [-0.05, 0) is 48.3 Å². The highest BCUT2D eigenvalue weighted by atomic mass is 16.3. The first kappa shape index (κ1) is 14.2. The number of fused-ring (bicyclic) bond motifs is 1. The van der Waals surface area contributed by atoms with E-state index in [-0.39, 0.29) is 0 Å². The molecule has 0 amide bonds. The van der Waals surface area contributed by atoms with Crippen molar-refractivity contribution in [3.8, 4) is 5.75 Å². The van der Waals surface area contributed by atoms with Crippen molar-refractivity contribution in [2.24, 2.45) is 11.8 Å². The topological polar surface area (TPSA) is 45.2 Å². The molecule has 1 aromatic heterocycles. The number of benzene rings is 1. The van der Waals surface area contributed by atoms with E-state index in [0.717, 1.165) is 35.0 Å². The van der Waals surface area contributed by atoms with Gasteiger partial charge in [0.2, 0.25) is 0 Å². The Labute approximate surface area is 126 Å². The van der Waals surface area contributed by atoms with E-state index in [1.54, 1.807) is 12.1 Å². The molecule has 2 N–H and O–H groups in total. The van der Waals surface area contributed by atoms with Gasteiger partial charge in [0.05, 0.1) is 0 Å². The maximum absolute atomic E-state index is 9.67. The summed E-state index contributed by atoms with van der Waals surface area (Å²) in [6.45, 7) is 3.29. The fraction of sp³-hybridized carbons (Fsp3) is 0.500. The number of nitrogens with zero attached hydrogens (tertiary/aromatic N) is 1. The molecule has 0 radical (unpaired) electrons. The molecule has 0 atom stereocenters. The molecular formula is C18H24N2O. The van der Waals surface area contributed by atoms with Crippen LogP contribution >= 0.6 is 0 Å². The van der Waals surface area contributed by atoms with Crippen LogP contribution in [0.1, 0.15) is 39.0 Å². The van der Waals surface area contributed by atoms with Gasteiger partial charge in [-0.25, -0.2) is 4.98 Å². The lowest BCUT2D eigenvalue weighted by Gasteiger charge is -2.28. The summed E-state index contributed by atoms with van der Waals surface area (Å²) in [6, 6.07) is 7.42. The summed E-state index contributed by atoms with van der Waals surface area (Å²) in [4.78, 5) is 4.44. The van der Waals surface area contributed by atoms with E-state index in [0.29, 0.717) is 5.75 Å². The van der Waals surface area contributed by atoms with Crippen LogP contribution in [0.4, 0.5) is 5.82 Å². The van der Waals surface area contributed by atoms with E-state index in [4.69, 9.17) is 0 Å². The predicted octanol–water partition coefficient (Wildman–Crippen LogP) is 4.57. The molecule has 1 heterocycles. The Morgan fingerprint density at radius 3 is 2.67 bits per heavy atom. The second-order valence-corrected chi connectivity index (χ2v) is 6.24. The molecule has 0 saturated heterocycles. The third-order valence-electron chi connectivity index (χ3n) is 4.85. The Morgan fingerprint density at radius 1 is 1.14 bits per heavy atom. The zero-order valence-electron chi connectivity index (χ0n) is 12.7. The molecule has 1 aromatic carbocycles. The normalized spacial score (nSPS) is 22.3. The number of nitrogens with one attached hydrogen (secondary N) is 1. The van der Waals surface area contributed by atoms with E-state index in [9.17, 15) is 5.11 Å². The highest BCUT2D eigenvalue weighted by molar-refractivity contribution is 5.92. The molecule has 112 valence electrons. The minimum absolute atomic E-state index is 0.294. The third kappa shape index (κ3) is 3.29. The van der Waals surface area contributed by atoms with Crippen LogP contribution in [0.25, 0.3) is 10.8 Å². The lowest BCUT2D eigenvalue weighted by molar-refractivity contribution is 0.278. The van der Waals surface area contributed by atoms with Crippen LogP contribution in [-0.2, 0) is 0 Å². The number of hydrogen-bond donors (Lipinski definition) is 2. The Hall–Kier alpha value is -1.77. The van der Waals surface area contributed by atoms with Gasteiger partial charge in [0.1, 0.15) is 11.6 Å². The molecule has 0 aliphatic heterocycles. The fourth-order valence-electron chi connectivity index (χ4n) is 3.38. The number of anilines is 1. The largest absolute Gasteiger partial charge is 0.508 e. The maximum Gasteiger partial charge on any atom is 0.133 e. The van der Waals surface area contributed by atoms with Crippen molar-refractivity contribution in [3.63, 3.8) is 0 Å². The number of aromatic nitrogens is 1. The quantitative estimate of drug-likeness (QED) is 0.864. The van der Waals surface area contributed by atoms with Gasteiger partial charge >= 0.3 is 0 Å². The molecular weight excluding hydrogens is 260 g/mol. The highest BCUT2D eigenvalue weighted by Crippen LogP contribution is 2.31. The molecule has 1 aliphatic carbocycles. The second-order valence-electron chi connectivity index (χ2n) is 6.24. The van der Waals surface area contributed by atoms with E-state index < -0.39 is 0 Å². The van der Waals surface area contributed by atoms with Crippen molar-refractivity contribution in [1.82, 2.24) is 4.98 Å². The van der Waals surface area contributed by atoms with Gasteiger partial charge < -0.3 is 10.4 Å². The molecule has 0 unspecified atom stereocenters. The van der Waals surface area contributed by atoms with Crippen LogP contribution in [-0.4, -0.2) is 16.6 Å². The van der Waals surface area contributed by atoms with Crippen molar-refractivity contribution in [2.75, 3.05) is 11.9 Å². The van der Waals surface area contributed by atoms with E-state index in [1.807, 2.05) is 18.3 Å². The summed E-state index contributed by atoms with van der Waals surface area (Å²) in [7, 11) is 0. The van der Waals surface area contributed by atoms with Crippen molar-refractivity contribution in [3.05, 3.63) is 30.5 Å². The fourth-order valence-corrected chi connectivity index (χ4v) is 3.38. The van der Waals surface area contributed by atoms with Crippen LogP contribution in [0.3, 0.4) is 0 Å². The molecule has 21 heavy (non-hydrogen) atoms. The third-order valence-corrected chi connectivity index (χ3v) is 4.85. The van der Waals surface area contributed by atoms with Gasteiger partial charge in [-0.2, -0.15) is 0 Å². The maximum atomic E-state index is 9.67. The molecule has 1 saturated carbocycles. The number of phenolic OH excluding ortho intramolecular Hbond substituents is 1. The zero-order chi connectivity index (χ0) is 14.7.